The first-order valence-electron chi connectivity index (χ1n) is 6.59. The van der Waals surface area contributed by atoms with Crippen LogP contribution >= 0.6 is 0 Å². The molecule has 0 aliphatic rings. The summed E-state index contributed by atoms with van der Waals surface area (Å²) in [6.45, 7) is 6.41. The molecule has 0 spiro atoms. The largest absolute Gasteiger partial charge is 0.487 e. The van der Waals surface area contributed by atoms with Gasteiger partial charge in [0.15, 0.2) is 0 Å². The zero-order valence-electron chi connectivity index (χ0n) is 12.0. The first-order chi connectivity index (χ1) is 9.20. The minimum atomic E-state index is -0.276. The molecule has 19 heavy (non-hydrogen) atoms. The Hall–Kier alpha value is -1.84. The summed E-state index contributed by atoms with van der Waals surface area (Å²) in [6, 6.07) is 6.52. The molecule has 0 N–H and O–H groups in total. The van der Waals surface area contributed by atoms with Gasteiger partial charge in [0.2, 0.25) is 0 Å². The average Bonchev–Trinajstić information content (AvgIpc) is 2.84. The van der Waals surface area contributed by atoms with E-state index in [0.717, 1.165) is 17.7 Å². The van der Waals surface area contributed by atoms with Crippen molar-refractivity contribution in [3.63, 3.8) is 0 Å². The molecule has 104 valence electrons. The first kappa shape index (κ1) is 15.2. The molecule has 1 aromatic carbocycles. The van der Waals surface area contributed by atoms with E-state index >= 15 is 0 Å². The zero-order chi connectivity index (χ0) is 14.3. The van der Waals surface area contributed by atoms with Crippen LogP contribution in [0.25, 0.3) is 0 Å². The third-order valence-corrected chi connectivity index (χ3v) is 2.71. The van der Waals surface area contributed by atoms with Crippen LogP contribution in [0, 0.1) is 5.82 Å². The molecule has 1 aromatic heterocycles. The number of aromatic nitrogens is 2. The molecule has 0 saturated heterocycles. The Morgan fingerprint density at radius 3 is 2.58 bits per heavy atom. The fraction of sp³-hybridized carbons (Fsp3) is 0.400. The van der Waals surface area contributed by atoms with Gasteiger partial charge in [0.1, 0.15) is 18.2 Å². The van der Waals surface area contributed by atoms with Crippen molar-refractivity contribution in [3.8, 4) is 5.75 Å². The number of hydrogen-bond donors (Lipinski definition) is 0. The summed E-state index contributed by atoms with van der Waals surface area (Å²) in [5, 5.41) is 4.05. The summed E-state index contributed by atoms with van der Waals surface area (Å²) >= 11 is 0. The SMILES string of the molecule is CC.CCc1ccc(F)cc1OCc1ccnn1C. The molecule has 0 radical (unpaired) electrons. The highest BCUT2D eigenvalue weighted by Crippen LogP contribution is 2.21. The summed E-state index contributed by atoms with van der Waals surface area (Å²) in [5.74, 6) is 0.330. The monoisotopic (exact) mass is 264 g/mol. The van der Waals surface area contributed by atoms with Gasteiger partial charge in [0.25, 0.3) is 0 Å². The number of halogens is 1. The summed E-state index contributed by atoms with van der Waals surface area (Å²) in [4.78, 5) is 0. The van der Waals surface area contributed by atoms with E-state index in [1.807, 2.05) is 33.9 Å². The number of hydrogen-bond acceptors (Lipinski definition) is 2. The maximum atomic E-state index is 13.1. The molecular formula is C15H21FN2O. The van der Waals surface area contributed by atoms with Gasteiger partial charge < -0.3 is 4.74 Å². The lowest BCUT2D eigenvalue weighted by atomic mass is 10.1. The predicted molar refractivity (Wildman–Crippen MR) is 74.7 cm³/mol. The maximum absolute atomic E-state index is 13.1. The van der Waals surface area contributed by atoms with Gasteiger partial charge in [0, 0.05) is 19.3 Å². The average molecular weight is 264 g/mol. The van der Waals surface area contributed by atoms with Crippen molar-refractivity contribution in [2.45, 2.75) is 33.8 Å². The molecule has 0 saturated carbocycles. The van der Waals surface area contributed by atoms with Gasteiger partial charge in [-0.3, -0.25) is 4.68 Å². The molecule has 0 atom stereocenters. The molecule has 0 aliphatic heterocycles. The molecule has 4 heteroatoms. The van der Waals surface area contributed by atoms with Crippen molar-refractivity contribution < 1.29 is 9.13 Å². The van der Waals surface area contributed by atoms with Gasteiger partial charge in [-0.2, -0.15) is 5.10 Å². The third-order valence-electron chi connectivity index (χ3n) is 2.71. The summed E-state index contributed by atoms with van der Waals surface area (Å²) < 4.78 is 20.5. The van der Waals surface area contributed by atoms with E-state index in [0.29, 0.717) is 12.4 Å². The van der Waals surface area contributed by atoms with Crippen LogP contribution in [0.15, 0.2) is 30.5 Å². The van der Waals surface area contributed by atoms with Crippen LogP contribution in [0.2, 0.25) is 0 Å². The fourth-order valence-corrected chi connectivity index (χ4v) is 1.65. The number of ether oxygens (including phenoxy) is 1. The van der Waals surface area contributed by atoms with Crippen LogP contribution in [0.4, 0.5) is 4.39 Å². The quantitative estimate of drug-likeness (QED) is 0.841. The predicted octanol–water partition coefficient (Wildman–Crippen LogP) is 3.73. The molecule has 0 amide bonds. The molecule has 1 heterocycles. The van der Waals surface area contributed by atoms with E-state index < -0.39 is 0 Å². The Balaban J connectivity index is 0.000000861. The number of benzene rings is 1. The van der Waals surface area contributed by atoms with Gasteiger partial charge in [-0.1, -0.05) is 26.8 Å². The van der Waals surface area contributed by atoms with Gasteiger partial charge >= 0.3 is 0 Å². The highest BCUT2D eigenvalue weighted by molar-refractivity contribution is 5.34. The van der Waals surface area contributed by atoms with Crippen LogP contribution in [-0.4, -0.2) is 9.78 Å². The number of rotatable bonds is 4. The third kappa shape index (κ3) is 4.09. The second kappa shape index (κ2) is 7.56. The Morgan fingerprint density at radius 1 is 1.26 bits per heavy atom. The van der Waals surface area contributed by atoms with Crippen LogP contribution in [0.1, 0.15) is 32.0 Å². The van der Waals surface area contributed by atoms with Crippen molar-refractivity contribution in [1.29, 1.82) is 0 Å². The molecule has 3 nitrogen and oxygen atoms in total. The van der Waals surface area contributed by atoms with E-state index in [-0.39, 0.29) is 5.82 Å². The Morgan fingerprint density at radius 2 is 2.00 bits per heavy atom. The second-order valence-electron chi connectivity index (χ2n) is 3.84. The van der Waals surface area contributed by atoms with Gasteiger partial charge in [-0.25, -0.2) is 4.39 Å². The number of aryl methyl sites for hydroxylation is 2. The molecule has 0 unspecified atom stereocenters. The van der Waals surface area contributed by atoms with Crippen molar-refractivity contribution in [3.05, 3.63) is 47.5 Å². The molecular weight excluding hydrogens is 243 g/mol. The summed E-state index contributed by atoms with van der Waals surface area (Å²) in [6.07, 6.45) is 2.53. The van der Waals surface area contributed by atoms with E-state index in [1.54, 1.807) is 16.9 Å². The minimum absolute atomic E-state index is 0.276. The Labute approximate surface area is 114 Å². The Bertz CT molecular complexity index is 509. The van der Waals surface area contributed by atoms with Crippen LogP contribution in [0.3, 0.4) is 0 Å². The van der Waals surface area contributed by atoms with Gasteiger partial charge in [-0.15, -0.1) is 0 Å². The highest BCUT2D eigenvalue weighted by Gasteiger charge is 2.05. The summed E-state index contributed by atoms with van der Waals surface area (Å²) in [5.41, 5.74) is 1.96. The van der Waals surface area contributed by atoms with E-state index in [2.05, 4.69) is 5.10 Å². The molecule has 2 rings (SSSR count). The van der Waals surface area contributed by atoms with Crippen molar-refractivity contribution >= 4 is 0 Å². The molecule has 0 fully saturated rings. The number of nitrogens with zero attached hydrogens (tertiary/aromatic N) is 2. The zero-order valence-corrected chi connectivity index (χ0v) is 12.0. The fourth-order valence-electron chi connectivity index (χ4n) is 1.65. The first-order valence-corrected chi connectivity index (χ1v) is 6.59. The normalized spacial score (nSPS) is 9.74. The smallest absolute Gasteiger partial charge is 0.130 e. The van der Waals surface area contributed by atoms with E-state index in [4.69, 9.17) is 4.74 Å². The van der Waals surface area contributed by atoms with Crippen LogP contribution < -0.4 is 4.74 Å². The van der Waals surface area contributed by atoms with Crippen molar-refractivity contribution in [2.24, 2.45) is 7.05 Å². The Kier molecular flexibility index (Phi) is 6.06. The highest BCUT2D eigenvalue weighted by atomic mass is 19.1. The van der Waals surface area contributed by atoms with Crippen molar-refractivity contribution in [1.82, 2.24) is 9.78 Å². The lowest BCUT2D eigenvalue weighted by Gasteiger charge is -2.10. The van der Waals surface area contributed by atoms with Gasteiger partial charge in [0.05, 0.1) is 5.69 Å². The van der Waals surface area contributed by atoms with E-state index in [1.165, 1.54) is 12.1 Å². The van der Waals surface area contributed by atoms with Gasteiger partial charge in [-0.05, 0) is 24.1 Å². The molecule has 0 bridgehead atoms. The molecule has 0 aliphatic carbocycles. The van der Waals surface area contributed by atoms with Crippen LogP contribution in [0.5, 0.6) is 5.75 Å². The summed E-state index contributed by atoms with van der Waals surface area (Å²) in [7, 11) is 1.85. The standard InChI is InChI=1S/C13H15FN2O.C2H6/c1-3-10-4-5-11(14)8-13(10)17-9-12-6-7-15-16(12)2;1-2/h4-8H,3,9H2,1-2H3;1-2H3. The van der Waals surface area contributed by atoms with Crippen LogP contribution in [-0.2, 0) is 20.1 Å². The lowest BCUT2D eigenvalue weighted by molar-refractivity contribution is 0.290. The maximum Gasteiger partial charge on any atom is 0.130 e. The molecule has 2 aromatic rings. The van der Waals surface area contributed by atoms with Crippen molar-refractivity contribution in [2.75, 3.05) is 0 Å². The second-order valence-corrected chi connectivity index (χ2v) is 3.84. The lowest BCUT2D eigenvalue weighted by Crippen LogP contribution is -2.04. The topological polar surface area (TPSA) is 27.1 Å². The van der Waals surface area contributed by atoms with E-state index in [9.17, 15) is 4.39 Å². The minimum Gasteiger partial charge on any atom is -0.487 e.